The molecule has 2 aliphatic rings. The maximum absolute atomic E-state index is 13.0. The fourth-order valence-electron chi connectivity index (χ4n) is 4.81. The summed E-state index contributed by atoms with van der Waals surface area (Å²) in [6.07, 6.45) is 7.61. The molecular formula is C24H30N2O. The Morgan fingerprint density at radius 1 is 1.07 bits per heavy atom. The summed E-state index contributed by atoms with van der Waals surface area (Å²) in [6, 6.07) is 13.2. The maximum Gasteiger partial charge on any atom is 0.226 e. The number of benzene rings is 1. The molecule has 0 bridgehead atoms. The van der Waals surface area contributed by atoms with Crippen LogP contribution in [-0.2, 0) is 11.2 Å². The molecule has 3 heteroatoms. The Bertz CT molecular complexity index is 823. The Kier molecular flexibility index (Phi) is 5.29. The molecule has 1 aromatic carbocycles. The number of aromatic nitrogens is 1. The Morgan fingerprint density at radius 2 is 1.85 bits per heavy atom. The van der Waals surface area contributed by atoms with E-state index in [-0.39, 0.29) is 12.0 Å². The van der Waals surface area contributed by atoms with Gasteiger partial charge in [0.1, 0.15) is 0 Å². The van der Waals surface area contributed by atoms with Crippen LogP contribution in [0.5, 0.6) is 0 Å². The van der Waals surface area contributed by atoms with E-state index < -0.39 is 0 Å². The van der Waals surface area contributed by atoms with Crippen molar-refractivity contribution in [3.05, 3.63) is 64.5 Å². The largest absolute Gasteiger partial charge is 0.334 e. The highest BCUT2D eigenvalue weighted by molar-refractivity contribution is 5.79. The van der Waals surface area contributed by atoms with Crippen LogP contribution in [0.2, 0.25) is 0 Å². The third-order valence-electron chi connectivity index (χ3n) is 6.27. The monoisotopic (exact) mass is 362 g/mol. The summed E-state index contributed by atoms with van der Waals surface area (Å²) in [4.78, 5) is 20.0. The molecule has 27 heavy (non-hydrogen) atoms. The van der Waals surface area contributed by atoms with Gasteiger partial charge >= 0.3 is 0 Å². The van der Waals surface area contributed by atoms with E-state index >= 15 is 0 Å². The van der Waals surface area contributed by atoms with Gasteiger partial charge in [-0.1, -0.05) is 37.1 Å². The van der Waals surface area contributed by atoms with Gasteiger partial charge in [0.2, 0.25) is 5.91 Å². The number of pyridine rings is 1. The highest BCUT2D eigenvalue weighted by atomic mass is 16.2. The van der Waals surface area contributed by atoms with Crippen molar-refractivity contribution >= 4 is 5.91 Å². The summed E-state index contributed by atoms with van der Waals surface area (Å²) in [6.45, 7) is 5.13. The lowest BCUT2D eigenvalue weighted by atomic mass is 9.98. The molecule has 2 fully saturated rings. The average molecular weight is 363 g/mol. The molecule has 1 aliphatic heterocycles. The van der Waals surface area contributed by atoms with E-state index in [2.05, 4.69) is 55.1 Å². The summed E-state index contributed by atoms with van der Waals surface area (Å²) >= 11 is 0. The van der Waals surface area contributed by atoms with Gasteiger partial charge in [-0.25, -0.2) is 0 Å². The van der Waals surface area contributed by atoms with Crippen molar-refractivity contribution in [3.8, 4) is 0 Å². The molecule has 2 heterocycles. The molecule has 142 valence electrons. The van der Waals surface area contributed by atoms with Gasteiger partial charge in [-0.2, -0.15) is 0 Å². The number of amides is 1. The molecule has 1 atom stereocenters. The van der Waals surface area contributed by atoms with Gasteiger partial charge in [0.05, 0.1) is 11.7 Å². The molecule has 0 N–H and O–H groups in total. The predicted molar refractivity (Wildman–Crippen MR) is 109 cm³/mol. The number of aryl methyl sites for hydroxylation is 2. The van der Waals surface area contributed by atoms with E-state index in [1.54, 1.807) is 0 Å². The van der Waals surface area contributed by atoms with Crippen LogP contribution in [0.25, 0.3) is 0 Å². The first kappa shape index (κ1) is 18.2. The zero-order valence-electron chi connectivity index (χ0n) is 16.6. The van der Waals surface area contributed by atoms with E-state index in [0.717, 1.165) is 50.0 Å². The van der Waals surface area contributed by atoms with Crippen molar-refractivity contribution < 1.29 is 4.79 Å². The smallest absolute Gasteiger partial charge is 0.226 e. The van der Waals surface area contributed by atoms with Gasteiger partial charge in [0.15, 0.2) is 0 Å². The van der Waals surface area contributed by atoms with Crippen molar-refractivity contribution in [2.75, 3.05) is 6.54 Å². The minimum absolute atomic E-state index is 0.161. The zero-order valence-corrected chi connectivity index (χ0v) is 16.6. The molecule has 1 saturated carbocycles. The lowest BCUT2D eigenvalue weighted by Gasteiger charge is -2.27. The van der Waals surface area contributed by atoms with Gasteiger partial charge in [-0.3, -0.25) is 9.78 Å². The standard InChI is InChI=1S/C24H30N2O/c1-17-8-3-4-11-21(17)15-19-14-18(2)25-22(16-19)23-12-7-13-26(23)24(27)20-9-5-6-10-20/h3-4,8,11,14,16,20,23H,5-7,9-10,12-13,15H2,1-2H3/t23-/m1/s1. The van der Waals surface area contributed by atoms with Crippen LogP contribution in [0.15, 0.2) is 36.4 Å². The third kappa shape index (κ3) is 3.92. The number of rotatable bonds is 4. The Hall–Kier alpha value is -2.16. The second-order valence-corrected chi connectivity index (χ2v) is 8.32. The molecule has 0 unspecified atom stereocenters. The van der Waals surface area contributed by atoms with Crippen LogP contribution in [-0.4, -0.2) is 22.3 Å². The van der Waals surface area contributed by atoms with E-state index in [1.807, 2.05) is 0 Å². The first-order chi connectivity index (χ1) is 13.1. The number of nitrogens with zero attached hydrogens (tertiary/aromatic N) is 2. The molecular weight excluding hydrogens is 332 g/mol. The topological polar surface area (TPSA) is 33.2 Å². The highest BCUT2D eigenvalue weighted by Crippen LogP contribution is 2.36. The number of carbonyl (C=O) groups excluding carboxylic acids is 1. The number of hydrogen-bond acceptors (Lipinski definition) is 2. The van der Waals surface area contributed by atoms with E-state index in [4.69, 9.17) is 4.98 Å². The van der Waals surface area contributed by atoms with Crippen LogP contribution in [0.3, 0.4) is 0 Å². The third-order valence-corrected chi connectivity index (χ3v) is 6.27. The van der Waals surface area contributed by atoms with Crippen molar-refractivity contribution in [1.29, 1.82) is 0 Å². The Morgan fingerprint density at radius 3 is 2.63 bits per heavy atom. The summed E-state index contributed by atoms with van der Waals surface area (Å²) in [7, 11) is 0. The number of hydrogen-bond donors (Lipinski definition) is 0. The molecule has 1 aliphatic carbocycles. The lowest BCUT2D eigenvalue weighted by Crippen LogP contribution is -2.35. The Balaban J connectivity index is 1.58. The number of carbonyl (C=O) groups is 1. The minimum atomic E-state index is 0.161. The maximum atomic E-state index is 13.0. The van der Waals surface area contributed by atoms with E-state index in [9.17, 15) is 4.79 Å². The quantitative estimate of drug-likeness (QED) is 0.754. The van der Waals surface area contributed by atoms with Crippen molar-refractivity contribution in [2.45, 2.75) is 64.8 Å². The lowest BCUT2D eigenvalue weighted by molar-refractivity contribution is -0.136. The summed E-state index contributed by atoms with van der Waals surface area (Å²) in [5.41, 5.74) is 6.12. The zero-order chi connectivity index (χ0) is 18.8. The van der Waals surface area contributed by atoms with Crippen LogP contribution >= 0.6 is 0 Å². The van der Waals surface area contributed by atoms with Gasteiger partial charge in [-0.15, -0.1) is 0 Å². The highest BCUT2D eigenvalue weighted by Gasteiger charge is 2.35. The molecule has 4 rings (SSSR count). The van der Waals surface area contributed by atoms with Crippen molar-refractivity contribution in [3.63, 3.8) is 0 Å². The van der Waals surface area contributed by atoms with Crippen molar-refractivity contribution in [2.24, 2.45) is 5.92 Å². The van der Waals surface area contributed by atoms with Gasteiger partial charge in [-0.05, 0) is 74.8 Å². The summed E-state index contributed by atoms with van der Waals surface area (Å²) in [5.74, 6) is 0.626. The Labute approximate surface area is 162 Å². The molecule has 1 saturated heterocycles. The van der Waals surface area contributed by atoms with Crippen LogP contribution in [0.1, 0.15) is 72.6 Å². The normalized spacial score (nSPS) is 20.4. The first-order valence-corrected chi connectivity index (χ1v) is 10.4. The molecule has 0 radical (unpaired) electrons. The molecule has 0 spiro atoms. The van der Waals surface area contributed by atoms with Crippen molar-refractivity contribution in [1.82, 2.24) is 9.88 Å². The second-order valence-electron chi connectivity index (χ2n) is 8.32. The van der Waals surface area contributed by atoms with Crippen LogP contribution in [0, 0.1) is 19.8 Å². The molecule has 3 nitrogen and oxygen atoms in total. The van der Waals surface area contributed by atoms with Gasteiger partial charge in [0.25, 0.3) is 0 Å². The predicted octanol–water partition coefficient (Wildman–Crippen LogP) is 5.14. The van der Waals surface area contributed by atoms with Crippen LogP contribution in [0.4, 0.5) is 0 Å². The summed E-state index contributed by atoms with van der Waals surface area (Å²) in [5, 5.41) is 0. The first-order valence-electron chi connectivity index (χ1n) is 10.4. The SMILES string of the molecule is Cc1cc(Cc2ccccc2C)cc([C@H]2CCCN2C(=O)C2CCCC2)n1. The summed E-state index contributed by atoms with van der Waals surface area (Å²) < 4.78 is 0. The van der Waals surface area contributed by atoms with Gasteiger partial charge in [0, 0.05) is 18.2 Å². The van der Waals surface area contributed by atoms with E-state index in [0.29, 0.717) is 5.91 Å². The minimum Gasteiger partial charge on any atom is -0.334 e. The molecule has 2 aromatic rings. The average Bonchev–Trinajstić information content (AvgIpc) is 3.35. The molecule has 1 amide bonds. The second kappa shape index (κ2) is 7.84. The fraction of sp³-hybridized carbons (Fsp3) is 0.500. The van der Waals surface area contributed by atoms with Gasteiger partial charge < -0.3 is 4.90 Å². The fourth-order valence-corrected chi connectivity index (χ4v) is 4.81. The van der Waals surface area contributed by atoms with E-state index in [1.165, 1.54) is 29.5 Å². The number of likely N-dealkylation sites (tertiary alicyclic amines) is 1. The molecule has 1 aromatic heterocycles. The van der Waals surface area contributed by atoms with Crippen LogP contribution < -0.4 is 0 Å².